The smallest absolute Gasteiger partial charge is 0.277 e. The van der Waals surface area contributed by atoms with Crippen LogP contribution >= 0.6 is 23.4 Å². The van der Waals surface area contributed by atoms with Crippen molar-refractivity contribution in [1.82, 2.24) is 10.2 Å². The average molecular weight is 342 g/mol. The number of carbonyl (C=O) groups excluding carboxylic acids is 1. The first kappa shape index (κ1) is 16.6. The van der Waals surface area contributed by atoms with Crippen molar-refractivity contribution in [3.05, 3.63) is 28.6 Å². The standard InChI is InChI=1S/C14H16ClN3O3S/c1-4-13-17-18-14(21-13)22-7-12(19)16-10-5-8(2)9(15)6-11(10)20-3/h5-6H,4,7H2,1-3H3,(H,16,19). The van der Waals surface area contributed by atoms with Crippen LogP contribution in [0, 0.1) is 6.92 Å². The number of ether oxygens (including phenoxy) is 1. The molecule has 1 aromatic carbocycles. The van der Waals surface area contributed by atoms with E-state index in [0.29, 0.717) is 34.0 Å². The lowest BCUT2D eigenvalue weighted by Crippen LogP contribution is -2.15. The highest BCUT2D eigenvalue weighted by atomic mass is 35.5. The Bertz CT molecular complexity index is 675. The number of aryl methyl sites for hydroxylation is 2. The van der Waals surface area contributed by atoms with Crippen LogP contribution in [-0.2, 0) is 11.2 Å². The molecule has 0 saturated carbocycles. The maximum atomic E-state index is 12.0. The van der Waals surface area contributed by atoms with Gasteiger partial charge in [0.25, 0.3) is 5.22 Å². The number of thioether (sulfide) groups is 1. The second-order valence-electron chi connectivity index (χ2n) is 4.45. The Hall–Kier alpha value is -1.73. The minimum absolute atomic E-state index is 0.163. The minimum atomic E-state index is -0.193. The predicted octanol–water partition coefficient (Wildman–Crippen LogP) is 3.33. The molecule has 0 saturated heterocycles. The number of hydrogen-bond donors (Lipinski definition) is 1. The molecule has 0 spiro atoms. The number of methoxy groups -OCH3 is 1. The van der Waals surface area contributed by atoms with Crippen molar-refractivity contribution in [2.45, 2.75) is 25.5 Å². The SMILES string of the molecule is CCc1nnc(SCC(=O)Nc2cc(C)c(Cl)cc2OC)o1. The van der Waals surface area contributed by atoms with E-state index in [1.165, 1.54) is 18.9 Å². The van der Waals surface area contributed by atoms with Gasteiger partial charge in [-0.3, -0.25) is 4.79 Å². The number of hydrogen-bond acceptors (Lipinski definition) is 6. The Kier molecular flexibility index (Phi) is 5.68. The van der Waals surface area contributed by atoms with Gasteiger partial charge in [-0.25, -0.2) is 0 Å². The van der Waals surface area contributed by atoms with Crippen LogP contribution in [0.3, 0.4) is 0 Å². The van der Waals surface area contributed by atoms with E-state index in [9.17, 15) is 4.79 Å². The van der Waals surface area contributed by atoms with Crippen molar-refractivity contribution in [3.8, 4) is 5.75 Å². The van der Waals surface area contributed by atoms with Crippen LogP contribution in [0.15, 0.2) is 21.8 Å². The Labute approximate surface area is 137 Å². The normalized spacial score (nSPS) is 10.5. The number of nitrogens with zero attached hydrogens (tertiary/aromatic N) is 2. The van der Waals surface area contributed by atoms with Gasteiger partial charge in [0.05, 0.1) is 18.6 Å². The van der Waals surface area contributed by atoms with Crippen molar-refractivity contribution in [3.63, 3.8) is 0 Å². The Balaban J connectivity index is 1.98. The van der Waals surface area contributed by atoms with Crippen LogP contribution < -0.4 is 10.1 Å². The van der Waals surface area contributed by atoms with Crippen molar-refractivity contribution in [1.29, 1.82) is 0 Å². The molecule has 1 amide bonds. The zero-order valence-corrected chi connectivity index (χ0v) is 14.0. The molecule has 1 aromatic heterocycles. The van der Waals surface area contributed by atoms with Crippen LogP contribution in [-0.4, -0.2) is 29.0 Å². The molecule has 8 heteroatoms. The van der Waals surface area contributed by atoms with E-state index in [0.717, 1.165) is 5.56 Å². The zero-order chi connectivity index (χ0) is 16.1. The third kappa shape index (κ3) is 4.14. The summed E-state index contributed by atoms with van der Waals surface area (Å²) in [5.41, 5.74) is 1.43. The lowest BCUT2D eigenvalue weighted by molar-refractivity contribution is -0.113. The molecule has 1 heterocycles. The molecular weight excluding hydrogens is 326 g/mol. The highest BCUT2D eigenvalue weighted by Gasteiger charge is 2.12. The highest BCUT2D eigenvalue weighted by molar-refractivity contribution is 7.99. The van der Waals surface area contributed by atoms with Crippen molar-refractivity contribution >= 4 is 35.0 Å². The molecule has 0 radical (unpaired) electrons. The zero-order valence-electron chi connectivity index (χ0n) is 12.5. The maximum absolute atomic E-state index is 12.0. The second kappa shape index (κ2) is 7.51. The van der Waals surface area contributed by atoms with E-state index in [2.05, 4.69) is 15.5 Å². The fourth-order valence-electron chi connectivity index (χ4n) is 1.68. The summed E-state index contributed by atoms with van der Waals surface area (Å²) in [5, 5.41) is 11.4. The lowest BCUT2D eigenvalue weighted by Gasteiger charge is -2.11. The number of nitrogens with one attached hydrogen (secondary N) is 1. The lowest BCUT2D eigenvalue weighted by atomic mass is 10.2. The van der Waals surface area contributed by atoms with Gasteiger partial charge in [-0.15, -0.1) is 10.2 Å². The summed E-state index contributed by atoms with van der Waals surface area (Å²) in [4.78, 5) is 12.0. The summed E-state index contributed by atoms with van der Waals surface area (Å²) >= 11 is 7.22. The molecule has 2 aromatic rings. The fraction of sp³-hybridized carbons (Fsp3) is 0.357. The van der Waals surface area contributed by atoms with E-state index >= 15 is 0 Å². The predicted molar refractivity (Wildman–Crippen MR) is 85.8 cm³/mol. The monoisotopic (exact) mass is 341 g/mol. The van der Waals surface area contributed by atoms with Crippen LogP contribution in [0.4, 0.5) is 5.69 Å². The summed E-state index contributed by atoms with van der Waals surface area (Å²) in [6.45, 7) is 3.78. The van der Waals surface area contributed by atoms with Gasteiger partial charge in [-0.2, -0.15) is 0 Å². The molecule has 1 N–H and O–H groups in total. The molecule has 0 bridgehead atoms. The van der Waals surface area contributed by atoms with Gasteiger partial charge in [0.15, 0.2) is 0 Å². The molecule has 118 valence electrons. The van der Waals surface area contributed by atoms with E-state index < -0.39 is 0 Å². The van der Waals surface area contributed by atoms with Gasteiger partial charge in [-0.05, 0) is 18.6 Å². The van der Waals surface area contributed by atoms with Gasteiger partial charge in [0, 0.05) is 17.5 Å². The molecular formula is C14H16ClN3O3S. The van der Waals surface area contributed by atoms with E-state index in [1.807, 2.05) is 13.8 Å². The third-order valence-corrected chi connectivity index (χ3v) is 4.06. The van der Waals surface area contributed by atoms with Crippen LogP contribution in [0.2, 0.25) is 5.02 Å². The van der Waals surface area contributed by atoms with Gasteiger partial charge in [0.1, 0.15) is 5.75 Å². The highest BCUT2D eigenvalue weighted by Crippen LogP contribution is 2.31. The van der Waals surface area contributed by atoms with Crippen LogP contribution in [0.25, 0.3) is 0 Å². The summed E-state index contributed by atoms with van der Waals surface area (Å²) in [6, 6.07) is 3.44. The Morgan fingerprint density at radius 2 is 2.23 bits per heavy atom. The van der Waals surface area contributed by atoms with Gasteiger partial charge in [0.2, 0.25) is 11.8 Å². The van der Waals surface area contributed by atoms with Crippen LogP contribution in [0.5, 0.6) is 5.75 Å². The topological polar surface area (TPSA) is 77.2 Å². The summed E-state index contributed by atoms with van der Waals surface area (Å²) in [5.74, 6) is 1.04. The number of carbonyl (C=O) groups is 1. The fourth-order valence-corrected chi connectivity index (χ4v) is 2.42. The first-order valence-corrected chi connectivity index (χ1v) is 7.99. The van der Waals surface area contributed by atoms with Gasteiger partial charge in [-0.1, -0.05) is 30.3 Å². The Morgan fingerprint density at radius 3 is 2.86 bits per heavy atom. The molecule has 2 rings (SSSR count). The van der Waals surface area contributed by atoms with Gasteiger partial charge >= 0.3 is 0 Å². The number of anilines is 1. The number of rotatable bonds is 6. The van der Waals surface area contributed by atoms with Crippen molar-refractivity contribution in [2.24, 2.45) is 0 Å². The third-order valence-electron chi connectivity index (χ3n) is 2.83. The molecule has 0 aliphatic carbocycles. The molecule has 0 fully saturated rings. The van der Waals surface area contributed by atoms with E-state index in [4.69, 9.17) is 20.8 Å². The average Bonchev–Trinajstić information content (AvgIpc) is 2.96. The Morgan fingerprint density at radius 1 is 1.45 bits per heavy atom. The summed E-state index contributed by atoms with van der Waals surface area (Å²) < 4.78 is 10.5. The first-order valence-electron chi connectivity index (χ1n) is 6.62. The number of amides is 1. The largest absolute Gasteiger partial charge is 0.495 e. The van der Waals surface area contributed by atoms with E-state index in [1.54, 1.807) is 12.1 Å². The van der Waals surface area contributed by atoms with E-state index in [-0.39, 0.29) is 11.7 Å². The summed E-state index contributed by atoms with van der Waals surface area (Å²) in [7, 11) is 1.52. The molecule has 0 unspecified atom stereocenters. The van der Waals surface area contributed by atoms with Crippen LogP contribution in [0.1, 0.15) is 18.4 Å². The molecule has 22 heavy (non-hydrogen) atoms. The quantitative estimate of drug-likeness (QED) is 0.812. The maximum Gasteiger partial charge on any atom is 0.277 e. The molecule has 6 nitrogen and oxygen atoms in total. The number of halogens is 1. The molecule has 0 aliphatic heterocycles. The molecule has 0 atom stereocenters. The summed E-state index contributed by atoms with van der Waals surface area (Å²) in [6.07, 6.45) is 0.668. The minimum Gasteiger partial charge on any atom is -0.495 e. The number of aromatic nitrogens is 2. The number of benzene rings is 1. The van der Waals surface area contributed by atoms with Gasteiger partial charge < -0.3 is 14.5 Å². The van der Waals surface area contributed by atoms with Crippen molar-refractivity contribution in [2.75, 3.05) is 18.2 Å². The molecule has 0 aliphatic rings. The first-order chi connectivity index (χ1) is 10.5. The van der Waals surface area contributed by atoms with Crippen molar-refractivity contribution < 1.29 is 13.9 Å². The second-order valence-corrected chi connectivity index (χ2v) is 5.79.